The van der Waals surface area contributed by atoms with Gasteiger partial charge in [0.25, 0.3) is 0 Å². The number of hydrogen-bond donors (Lipinski definition) is 1. The molecule has 0 saturated carbocycles. The lowest BCUT2D eigenvalue weighted by Crippen LogP contribution is -2.44. The van der Waals surface area contributed by atoms with Crippen LogP contribution in [-0.2, 0) is 26.1 Å². The smallest absolute Gasteiger partial charge is 0.309 e. The Kier molecular flexibility index (Phi) is 9.39. The number of hydrogen-bond acceptors (Lipinski definition) is 7. The standard InChI is InChI=1S/C29H46N2O5S/c1-17-11-10-12-29(7)24(36-29)15-22(18(2)13-21-14-25(37-9)31(8)30-21)35-26(33)16-23(32)28(5,6)27(34)20(4)19(17)3/h13-14,17,19-20,22-24,32H,10-12,15-16H2,1-9H3/b18-13+/t17-,19-,20+,22-,23-,24-,29+/m0/s1. The number of ether oxygens (including phenoxy) is 2. The quantitative estimate of drug-likeness (QED) is 0.313. The highest BCUT2D eigenvalue weighted by Crippen LogP contribution is 2.45. The first-order valence-corrected chi connectivity index (χ1v) is 14.8. The maximum Gasteiger partial charge on any atom is 0.309 e. The summed E-state index contributed by atoms with van der Waals surface area (Å²) in [5, 5.41) is 16.6. The van der Waals surface area contributed by atoms with Crippen molar-refractivity contribution in [2.24, 2.45) is 30.2 Å². The highest BCUT2D eigenvalue weighted by atomic mass is 32.2. The first-order chi connectivity index (χ1) is 17.2. The Balaban J connectivity index is 1.87. The van der Waals surface area contributed by atoms with Crippen molar-refractivity contribution in [2.75, 3.05) is 6.26 Å². The highest BCUT2D eigenvalue weighted by molar-refractivity contribution is 7.98. The summed E-state index contributed by atoms with van der Waals surface area (Å²) in [4.78, 5) is 26.5. The molecule has 1 N–H and O–H groups in total. The van der Waals surface area contributed by atoms with Gasteiger partial charge in [0.05, 0.1) is 40.4 Å². The van der Waals surface area contributed by atoms with Gasteiger partial charge in [-0.2, -0.15) is 5.10 Å². The second-order valence-corrected chi connectivity index (χ2v) is 12.9. The molecular formula is C29H46N2O5S. The monoisotopic (exact) mass is 534 g/mol. The van der Waals surface area contributed by atoms with Crippen molar-refractivity contribution in [3.05, 3.63) is 17.3 Å². The van der Waals surface area contributed by atoms with Crippen molar-refractivity contribution >= 4 is 29.6 Å². The van der Waals surface area contributed by atoms with Crippen LogP contribution in [0.25, 0.3) is 6.08 Å². The van der Waals surface area contributed by atoms with Crippen LogP contribution < -0.4 is 0 Å². The summed E-state index contributed by atoms with van der Waals surface area (Å²) in [5.41, 5.74) is 0.393. The zero-order valence-corrected chi connectivity index (χ0v) is 24.9. The maximum absolute atomic E-state index is 13.4. The van der Waals surface area contributed by atoms with Gasteiger partial charge in [0.15, 0.2) is 0 Å². The molecule has 0 amide bonds. The minimum absolute atomic E-state index is 0.00152. The van der Waals surface area contributed by atoms with Crippen LogP contribution in [0.5, 0.6) is 0 Å². The number of ketones is 1. The van der Waals surface area contributed by atoms with Crippen LogP contribution in [0.1, 0.15) is 86.3 Å². The molecule has 3 heterocycles. The van der Waals surface area contributed by atoms with E-state index in [9.17, 15) is 14.7 Å². The Bertz CT molecular complexity index is 1020. The number of aliphatic hydroxyl groups is 1. The van der Waals surface area contributed by atoms with Gasteiger partial charge in [-0.15, -0.1) is 11.8 Å². The molecular weight excluding hydrogens is 488 g/mol. The molecule has 2 aliphatic rings. The number of thioether (sulfide) groups is 1. The largest absolute Gasteiger partial charge is 0.458 e. The van der Waals surface area contributed by atoms with Crippen molar-refractivity contribution in [2.45, 2.75) is 110 Å². The zero-order chi connectivity index (χ0) is 27.7. The molecule has 0 radical (unpaired) electrons. The van der Waals surface area contributed by atoms with Gasteiger partial charge in [0.2, 0.25) is 0 Å². The van der Waals surface area contributed by atoms with E-state index in [1.807, 2.05) is 44.0 Å². The van der Waals surface area contributed by atoms with E-state index in [-0.39, 0.29) is 35.7 Å². The lowest BCUT2D eigenvalue weighted by atomic mass is 9.70. The predicted octanol–water partition coefficient (Wildman–Crippen LogP) is 5.44. The molecule has 7 nitrogen and oxygen atoms in total. The van der Waals surface area contributed by atoms with E-state index >= 15 is 0 Å². The van der Waals surface area contributed by atoms with E-state index in [0.29, 0.717) is 12.3 Å². The van der Waals surface area contributed by atoms with Gasteiger partial charge in [-0.1, -0.05) is 47.5 Å². The van der Waals surface area contributed by atoms with Gasteiger partial charge in [0.1, 0.15) is 11.9 Å². The fraction of sp³-hybridized carbons (Fsp3) is 0.759. The minimum Gasteiger partial charge on any atom is -0.458 e. The number of nitrogens with zero attached hydrogens (tertiary/aromatic N) is 2. The molecule has 0 aromatic carbocycles. The van der Waals surface area contributed by atoms with Crippen molar-refractivity contribution in [3.8, 4) is 0 Å². The van der Waals surface area contributed by atoms with Crippen molar-refractivity contribution in [3.63, 3.8) is 0 Å². The number of carbonyl (C=O) groups excluding carboxylic acids is 2. The minimum atomic E-state index is -1.13. The van der Waals surface area contributed by atoms with Gasteiger partial charge in [-0.3, -0.25) is 14.3 Å². The van der Waals surface area contributed by atoms with E-state index in [1.165, 1.54) is 0 Å². The topological polar surface area (TPSA) is 94.0 Å². The van der Waals surface area contributed by atoms with Crippen LogP contribution in [0.4, 0.5) is 0 Å². The van der Waals surface area contributed by atoms with Crippen molar-refractivity contribution < 1.29 is 24.2 Å². The molecule has 0 aliphatic carbocycles. The molecule has 7 atom stereocenters. The Morgan fingerprint density at radius 3 is 2.54 bits per heavy atom. The second-order valence-electron chi connectivity index (χ2n) is 12.1. The summed E-state index contributed by atoms with van der Waals surface area (Å²) in [6.07, 6.45) is 5.60. The number of aryl methyl sites for hydroxylation is 1. The normalized spacial score (nSPS) is 36.1. The van der Waals surface area contributed by atoms with Crippen molar-refractivity contribution in [1.82, 2.24) is 9.78 Å². The molecule has 1 aromatic heterocycles. The number of carbonyl (C=O) groups is 2. The lowest BCUT2D eigenvalue weighted by molar-refractivity contribution is -0.154. The molecule has 2 fully saturated rings. The summed E-state index contributed by atoms with van der Waals surface area (Å²) >= 11 is 1.62. The molecule has 0 unspecified atom stereocenters. The molecule has 0 spiro atoms. The third-order valence-electron chi connectivity index (χ3n) is 8.95. The third kappa shape index (κ3) is 6.87. The van der Waals surface area contributed by atoms with Crippen LogP contribution in [0.15, 0.2) is 16.7 Å². The number of cyclic esters (lactones) is 1. The van der Waals surface area contributed by atoms with Crippen molar-refractivity contribution in [1.29, 1.82) is 0 Å². The summed E-state index contributed by atoms with van der Waals surface area (Å²) in [6, 6.07) is 2.00. The Labute approximate surface area is 226 Å². The van der Waals surface area contributed by atoms with E-state index in [4.69, 9.17) is 9.47 Å². The number of fused-ring (bicyclic) bond motifs is 1. The van der Waals surface area contributed by atoms with Crippen LogP contribution in [-0.4, -0.2) is 56.8 Å². The second kappa shape index (κ2) is 11.6. The highest BCUT2D eigenvalue weighted by Gasteiger charge is 2.53. The van der Waals surface area contributed by atoms with Gasteiger partial charge in [-0.05, 0) is 56.1 Å². The van der Waals surface area contributed by atoms with Crippen LogP contribution in [0.2, 0.25) is 0 Å². The van der Waals surface area contributed by atoms with E-state index < -0.39 is 23.6 Å². The number of Topliss-reactive ketones (excluding diaryl/α,β-unsaturated/α-hetero) is 1. The fourth-order valence-corrected chi connectivity index (χ4v) is 6.07. The molecule has 37 heavy (non-hydrogen) atoms. The van der Waals surface area contributed by atoms with E-state index in [1.54, 1.807) is 25.6 Å². The summed E-state index contributed by atoms with van der Waals surface area (Å²) in [5.74, 6) is -0.192. The van der Waals surface area contributed by atoms with Gasteiger partial charge < -0.3 is 14.6 Å². The summed E-state index contributed by atoms with van der Waals surface area (Å²) in [7, 11) is 1.90. The van der Waals surface area contributed by atoms with E-state index in [2.05, 4.69) is 25.9 Å². The molecule has 2 saturated heterocycles. The SMILES string of the molecule is CSc1cc(/C=C(\C)[C@@H]2C[C@@H]3O[C@]3(C)CCC[C@H](C)[C@H](C)[C@@H](C)C(=O)C(C)(C)[C@@H](O)CC(=O)O2)nn1C. The third-order valence-corrected chi connectivity index (χ3v) is 9.75. The molecule has 8 heteroatoms. The summed E-state index contributed by atoms with van der Waals surface area (Å²) < 4.78 is 13.9. The number of aliphatic hydroxyl groups excluding tert-OH is 1. The molecule has 208 valence electrons. The van der Waals surface area contributed by atoms with Gasteiger partial charge in [0, 0.05) is 19.4 Å². The molecule has 1 aromatic rings. The average molecular weight is 535 g/mol. The Morgan fingerprint density at radius 2 is 1.92 bits per heavy atom. The van der Waals surface area contributed by atoms with E-state index in [0.717, 1.165) is 35.6 Å². The van der Waals surface area contributed by atoms with Crippen LogP contribution in [0, 0.1) is 23.2 Å². The lowest BCUT2D eigenvalue weighted by Gasteiger charge is -2.35. The molecule has 3 rings (SSSR count). The first-order valence-electron chi connectivity index (χ1n) is 13.6. The van der Waals surface area contributed by atoms with Gasteiger partial charge in [-0.25, -0.2) is 0 Å². The Morgan fingerprint density at radius 1 is 1.24 bits per heavy atom. The fourth-order valence-electron chi connectivity index (χ4n) is 5.53. The summed E-state index contributed by atoms with van der Waals surface area (Å²) in [6.45, 7) is 13.8. The molecule has 0 bridgehead atoms. The maximum atomic E-state index is 13.4. The number of aromatic nitrogens is 2. The first kappa shape index (κ1) is 29.9. The number of epoxide rings is 1. The predicted molar refractivity (Wildman–Crippen MR) is 147 cm³/mol. The average Bonchev–Trinajstić information content (AvgIpc) is 3.32. The van der Waals surface area contributed by atoms with Crippen LogP contribution >= 0.6 is 11.8 Å². The zero-order valence-electron chi connectivity index (χ0n) is 24.0. The van der Waals surface area contributed by atoms with Gasteiger partial charge >= 0.3 is 5.97 Å². The number of esters is 1. The van der Waals surface area contributed by atoms with Crippen LogP contribution in [0.3, 0.4) is 0 Å². The Hall–Kier alpha value is -1.64. The number of rotatable bonds is 3. The molecule has 2 aliphatic heterocycles.